The number of imide groups is 1. The van der Waals surface area contributed by atoms with Crippen molar-refractivity contribution in [3.8, 4) is 6.07 Å². The molecule has 2 unspecified atom stereocenters. The number of benzene rings is 1. The van der Waals surface area contributed by atoms with Gasteiger partial charge in [-0.2, -0.15) is 18.4 Å². The standard InChI is InChI=1S/C16H10F3N3O2/c17-16(18,19)12-6-11(4-2-9(12)7-20)22-14(23)13-8-1-3-10(5-8)21(13)15(22)24/h1-4,6,8,10,13H,5H2/t8?,10?,13-/m1/s1. The number of hydrogen-bond acceptors (Lipinski definition) is 3. The minimum Gasteiger partial charge on any atom is -0.305 e. The SMILES string of the molecule is N#Cc1ccc(N2C(=O)[C@H]3C4C=CC(C4)N3C2=O)cc1C(F)(F)F. The first-order chi connectivity index (χ1) is 11.3. The summed E-state index contributed by atoms with van der Waals surface area (Å²) in [5.74, 6) is -0.605. The fourth-order valence-corrected chi connectivity index (χ4v) is 3.71. The number of nitrogens with zero attached hydrogens (tertiary/aromatic N) is 3. The lowest BCUT2D eigenvalue weighted by Crippen LogP contribution is -2.38. The Bertz CT molecular complexity index is 810. The Labute approximate surface area is 134 Å². The molecule has 5 nitrogen and oxygen atoms in total. The lowest BCUT2D eigenvalue weighted by atomic mass is 10.0. The van der Waals surface area contributed by atoms with Crippen molar-refractivity contribution in [3.63, 3.8) is 0 Å². The van der Waals surface area contributed by atoms with E-state index in [1.54, 1.807) is 0 Å². The molecule has 0 spiro atoms. The number of carbonyl (C=O) groups is 2. The van der Waals surface area contributed by atoms with Gasteiger partial charge < -0.3 is 4.90 Å². The smallest absolute Gasteiger partial charge is 0.305 e. The minimum absolute atomic E-state index is 0.0862. The zero-order valence-corrected chi connectivity index (χ0v) is 12.1. The molecule has 2 bridgehead atoms. The second-order valence-corrected chi connectivity index (χ2v) is 6.00. The molecule has 2 saturated heterocycles. The maximum atomic E-state index is 13.1. The van der Waals surface area contributed by atoms with E-state index in [1.165, 1.54) is 17.0 Å². The van der Waals surface area contributed by atoms with Crippen LogP contribution in [0, 0.1) is 17.2 Å². The molecule has 1 aliphatic carbocycles. The summed E-state index contributed by atoms with van der Waals surface area (Å²) in [6.07, 6.45) is -0.350. The maximum Gasteiger partial charge on any atom is 0.417 e. The van der Waals surface area contributed by atoms with Crippen molar-refractivity contribution in [3.05, 3.63) is 41.5 Å². The van der Waals surface area contributed by atoms with Gasteiger partial charge in [0.1, 0.15) is 6.04 Å². The van der Waals surface area contributed by atoms with Crippen LogP contribution in [0.1, 0.15) is 17.5 Å². The van der Waals surface area contributed by atoms with Crippen molar-refractivity contribution in [1.82, 2.24) is 4.90 Å². The van der Waals surface area contributed by atoms with Crippen LogP contribution in [0.5, 0.6) is 0 Å². The maximum absolute atomic E-state index is 13.1. The van der Waals surface area contributed by atoms with Crippen LogP contribution in [0.4, 0.5) is 23.7 Å². The van der Waals surface area contributed by atoms with Crippen molar-refractivity contribution in [2.24, 2.45) is 5.92 Å². The van der Waals surface area contributed by atoms with Gasteiger partial charge in [-0.25, -0.2) is 9.69 Å². The number of fused-ring (bicyclic) bond motifs is 5. The first kappa shape index (κ1) is 14.8. The van der Waals surface area contributed by atoms with Gasteiger partial charge >= 0.3 is 12.2 Å². The molecule has 8 heteroatoms. The number of amides is 3. The molecule has 3 aliphatic rings. The topological polar surface area (TPSA) is 64.4 Å². The van der Waals surface area contributed by atoms with Crippen LogP contribution in [0.3, 0.4) is 0 Å². The van der Waals surface area contributed by atoms with Crippen LogP contribution in [0.15, 0.2) is 30.4 Å². The number of carbonyl (C=O) groups excluding carboxylic acids is 2. The second kappa shape index (κ2) is 4.60. The summed E-state index contributed by atoms with van der Waals surface area (Å²) >= 11 is 0. The number of anilines is 1. The first-order valence-corrected chi connectivity index (χ1v) is 7.29. The van der Waals surface area contributed by atoms with Crippen molar-refractivity contribution >= 4 is 17.6 Å². The Morgan fingerprint density at radius 2 is 1.96 bits per heavy atom. The van der Waals surface area contributed by atoms with Crippen molar-refractivity contribution in [2.45, 2.75) is 24.7 Å². The van der Waals surface area contributed by atoms with E-state index in [0.717, 1.165) is 11.0 Å². The molecule has 4 rings (SSSR count). The molecule has 24 heavy (non-hydrogen) atoms. The van der Waals surface area contributed by atoms with E-state index in [9.17, 15) is 22.8 Å². The van der Waals surface area contributed by atoms with Crippen molar-refractivity contribution in [2.75, 3.05) is 4.90 Å². The Morgan fingerprint density at radius 3 is 2.58 bits per heavy atom. The van der Waals surface area contributed by atoms with Gasteiger partial charge in [-0.15, -0.1) is 0 Å². The molecule has 0 N–H and O–H groups in total. The van der Waals surface area contributed by atoms with Gasteiger partial charge in [0.25, 0.3) is 5.91 Å². The molecule has 2 aliphatic heterocycles. The Morgan fingerprint density at radius 1 is 1.21 bits per heavy atom. The van der Waals surface area contributed by atoms with Crippen molar-refractivity contribution < 1.29 is 22.8 Å². The van der Waals surface area contributed by atoms with Gasteiger partial charge in [-0.3, -0.25) is 4.79 Å². The predicted octanol–water partition coefficient (Wildman–Crippen LogP) is 2.67. The summed E-state index contributed by atoms with van der Waals surface area (Å²) in [7, 11) is 0. The normalized spacial score (nSPS) is 27.8. The molecule has 0 aromatic heterocycles. The van der Waals surface area contributed by atoms with Gasteiger partial charge in [0.2, 0.25) is 0 Å². The lowest BCUT2D eigenvalue weighted by molar-refractivity contribution is -0.137. The molecule has 0 radical (unpaired) electrons. The third kappa shape index (κ3) is 1.81. The van der Waals surface area contributed by atoms with E-state index >= 15 is 0 Å². The van der Waals surface area contributed by atoms with E-state index in [-0.39, 0.29) is 17.6 Å². The quantitative estimate of drug-likeness (QED) is 0.586. The fraction of sp³-hybridized carbons (Fsp3) is 0.312. The van der Waals surface area contributed by atoms with E-state index in [1.807, 2.05) is 12.2 Å². The largest absolute Gasteiger partial charge is 0.417 e. The molecule has 0 saturated carbocycles. The molecular formula is C16H10F3N3O2. The average molecular weight is 333 g/mol. The average Bonchev–Trinajstić information content (AvgIpc) is 3.20. The molecule has 1 aromatic carbocycles. The van der Waals surface area contributed by atoms with E-state index in [0.29, 0.717) is 12.5 Å². The van der Waals surface area contributed by atoms with Crippen LogP contribution in [-0.4, -0.2) is 28.9 Å². The van der Waals surface area contributed by atoms with Crippen LogP contribution < -0.4 is 4.90 Å². The summed E-state index contributed by atoms with van der Waals surface area (Å²) in [6.45, 7) is 0. The third-order valence-corrected chi connectivity index (χ3v) is 4.73. The van der Waals surface area contributed by atoms with Crippen LogP contribution >= 0.6 is 0 Å². The van der Waals surface area contributed by atoms with Crippen molar-refractivity contribution in [1.29, 1.82) is 5.26 Å². The first-order valence-electron chi connectivity index (χ1n) is 7.29. The number of rotatable bonds is 1. The highest BCUT2D eigenvalue weighted by Crippen LogP contribution is 2.44. The lowest BCUT2D eigenvalue weighted by Gasteiger charge is -2.22. The van der Waals surface area contributed by atoms with E-state index < -0.39 is 35.3 Å². The Hall–Kier alpha value is -2.82. The van der Waals surface area contributed by atoms with Gasteiger partial charge in [0, 0.05) is 5.92 Å². The molecule has 1 aromatic rings. The third-order valence-electron chi connectivity index (χ3n) is 4.73. The summed E-state index contributed by atoms with van der Waals surface area (Å²) in [4.78, 5) is 27.4. The Balaban J connectivity index is 1.77. The summed E-state index contributed by atoms with van der Waals surface area (Å²) < 4.78 is 39.3. The molecule has 3 atom stereocenters. The number of alkyl halides is 3. The number of hydrogen-bond donors (Lipinski definition) is 0. The summed E-state index contributed by atoms with van der Waals surface area (Å²) in [6, 6.07) is 2.91. The van der Waals surface area contributed by atoms with Gasteiger partial charge in [-0.05, 0) is 24.6 Å². The second-order valence-electron chi connectivity index (χ2n) is 6.00. The highest BCUT2D eigenvalue weighted by Gasteiger charge is 2.57. The number of nitriles is 1. The molecule has 2 heterocycles. The van der Waals surface area contributed by atoms with Crippen LogP contribution in [-0.2, 0) is 11.0 Å². The van der Waals surface area contributed by atoms with Gasteiger partial charge in [0.15, 0.2) is 0 Å². The monoisotopic (exact) mass is 333 g/mol. The highest BCUT2D eigenvalue weighted by atomic mass is 19.4. The van der Waals surface area contributed by atoms with Crippen LogP contribution in [0.25, 0.3) is 0 Å². The van der Waals surface area contributed by atoms with E-state index in [4.69, 9.17) is 5.26 Å². The Kier molecular flexibility index (Phi) is 2.83. The zero-order chi connectivity index (χ0) is 17.2. The fourth-order valence-electron chi connectivity index (χ4n) is 3.71. The minimum atomic E-state index is -4.75. The van der Waals surface area contributed by atoms with Crippen LogP contribution in [0.2, 0.25) is 0 Å². The van der Waals surface area contributed by atoms with E-state index in [2.05, 4.69) is 0 Å². The highest BCUT2D eigenvalue weighted by molar-refractivity contribution is 6.22. The number of halogens is 3. The molecule has 122 valence electrons. The number of urea groups is 1. The zero-order valence-electron chi connectivity index (χ0n) is 12.1. The predicted molar refractivity (Wildman–Crippen MR) is 75.7 cm³/mol. The molecular weight excluding hydrogens is 323 g/mol. The molecule has 3 amide bonds. The molecule has 2 fully saturated rings. The summed E-state index contributed by atoms with van der Waals surface area (Å²) in [5, 5.41) is 8.84. The summed E-state index contributed by atoms with van der Waals surface area (Å²) in [5.41, 5.74) is -1.87. The van der Waals surface area contributed by atoms with Gasteiger partial charge in [0.05, 0.1) is 28.9 Å². The van der Waals surface area contributed by atoms with Gasteiger partial charge in [-0.1, -0.05) is 12.2 Å².